The highest BCUT2D eigenvalue weighted by Gasteiger charge is 2.32. The molecule has 2 rings (SSSR count). The molecular formula is C11H17NO2. The fourth-order valence-electron chi connectivity index (χ4n) is 2.37. The van der Waals surface area contributed by atoms with Crippen LogP contribution in [0.25, 0.3) is 0 Å². The predicted octanol–water partition coefficient (Wildman–Crippen LogP) is 0.936. The van der Waals surface area contributed by atoms with Crippen molar-refractivity contribution >= 4 is 5.91 Å². The third-order valence-corrected chi connectivity index (χ3v) is 3.23. The van der Waals surface area contributed by atoms with E-state index in [1.165, 1.54) is 0 Å². The molecule has 78 valence electrons. The summed E-state index contributed by atoms with van der Waals surface area (Å²) in [5.74, 6) is 0.397. The van der Waals surface area contributed by atoms with E-state index in [4.69, 9.17) is 5.11 Å². The molecule has 14 heavy (non-hydrogen) atoms. The molecule has 0 aromatic heterocycles. The number of aliphatic hydroxyl groups is 1. The van der Waals surface area contributed by atoms with Crippen molar-refractivity contribution in [1.82, 2.24) is 4.90 Å². The summed E-state index contributed by atoms with van der Waals surface area (Å²) in [6.07, 6.45) is 7.92. The smallest absolute Gasteiger partial charge is 0.226 e. The van der Waals surface area contributed by atoms with Crippen LogP contribution in [-0.2, 0) is 4.79 Å². The number of likely N-dealkylation sites (tertiary alicyclic amines) is 1. The van der Waals surface area contributed by atoms with E-state index in [1.54, 1.807) is 0 Å². The normalized spacial score (nSPS) is 27.5. The van der Waals surface area contributed by atoms with Crippen molar-refractivity contribution in [2.24, 2.45) is 5.92 Å². The first kappa shape index (κ1) is 9.71. The maximum atomic E-state index is 12.0. The molecule has 0 spiro atoms. The van der Waals surface area contributed by atoms with Gasteiger partial charge in [0.25, 0.3) is 0 Å². The van der Waals surface area contributed by atoms with Gasteiger partial charge < -0.3 is 10.0 Å². The second-order valence-electron chi connectivity index (χ2n) is 4.15. The molecule has 0 saturated carbocycles. The van der Waals surface area contributed by atoms with E-state index < -0.39 is 0 Å². The molecule has 0 radical (unpaired) electrons. The van der Waals surface area contributed by atoms with Crippen molar-refractivity contribution in [3.63, 3.8) is 0 Å². The maximum absolute atomic E-state index is 12.0. The van der Waals surface area contributed by atoms with E-state index in [0.29, 0.717) is 0 Å². The Morgan fingerprint density at radius 3 is 2.79 bits per heavy atom. The summed E-state index contributed by atoms with van der Waals surface area (Å²) in [4.78, 5) is 13.9. The topological polar surface area (TPSA) is 40.5 Å². The van der Waals surface area contributed by atoms with Crippen LogP contribution in [0.4, 0.5) is 0 Å². The standard InChI is InChI=1S/C11H17NO2/c13-8-10-6-3-7-12(10)11(14)9-4-1-2-5-9/h1-2,9-10,13H,3-8H2/t10-/m1/s1. The van der Waals surface area contributed by atoms with Gasteiger partial charge in [-0.15, -0.1) is 0 Å². The van der Waals surface area contributed by atoms with Gasteiger partial charge in [0.05, 0.1) is 12.6 Å². The summed E-state index contributed by atoms with van der Waals surface area (Å²) in [6, 6.07) is 0.0862. The molecule has 1 atom stereocenters. The fourth-order valence-corrected chi connectivity index (χ4v) is 2.37. The van der Waals surface area contributed by atoms with Gasteiger partial charge in [-0.3, -0.25) is 4.79 Å². The summed E-state index contributed by atoms with van der Waals surface area (Å²) in [5, 5.41) is 9.12. The number of allylic oxidation sites excluding steroid dienone is 2. The Labute approximate surface area is 84.4 Å². The Kier molecular flexibility index (Phi) is 2.87. The van der Waals surface area contributed by atoms with Crippen LogP contribution in [0.3, 0.4) is 0 Å². The van der Waals surface area contributed by atoms with E-state index in [1.807, 2.05) is 4.90 Å². The largest absolute Gasteiger partial charge is 0.394 e. The number of nitrogens with zero attached hydrogens (tertiary/aromatic N) is 1. The Morgan fingerprint density at radius 2 is 2.14 bits per heavy atom. The molecule has 3 heteroatoms. The predicted molar refractivity (Wildman–Crippen MR) is 53.7 cm³/mol. The van der Waals surface area contributed by atoms with Crippen LogP contribution in [0, 0.1) is 5.92 Å². The van der Waals surface area contributed by atoms with Crippen molar-refractivity contribution in [1.29, 1.82) is 0 Å². The van der Waals surface area contributed by atoms with Gasteiger partial charge in [0, 0.05) is 12.5 Å². The van der Waals surface area contributed by atoms with Crippen LogP contribution < -0.4 is 0 Å². The molecule has 1 aliphatic heterocycles. The van der Waals surface area contributed by atoms with Gasteiger partial charge in [-0.25, -0.2) is 0 Å². The van der Waals surface area contributed by atoms with Gasteiger partial charge in [0.1, 0.15) is 0 Å². The van der Waals surface area contributed by atoms with Gasteiger partial charge in [0.15, 0.2) is 0 Å². The lowest BCUT2D eigenvalue weighted by atomic mass is 10.1. The van der Waals surface area contributed by atoms with Gasteiger partial charge >= 0.3 is 0 Å². The Morgan fingerprint density at radius 1 is 1.43 bits per heavy atom. The van der Waals surface area contributed by atoms with Crippen LogP contribution in [0.5, 0.6) is 0 Å². The van der Waals surface area contributed by atoms with Crippen molar-refractivity contribution in [2.75, 3.05) is 13.2 Å². The minimum absolute atomic E-state index is 0.0862. The number of hydrogen-bond acceptors (Lipinski definition) is 2. The molecule has 1 fully saturated rings. The number of hydrogen-bond donors (Lipinski definition) is 1. The Balaban J connectivity index is 1.96. The molecule has 1 heterocycles. The first-order valence-electron chi connectivity index (χ1n) is 5.39. The molecule has 1 amide bonds. The van der Waals surface area contributed by atoms with Gasteiger partial charge in [0.2, 0.25) is 5.91 Å². The molecule has 0 aromatic rings. The zero-order valence-electron chi connectivity index (χ0n) is 8.35. The Bertz CT molecular complexity index is 242. The van der Waals surface area contributed by atoms with Gasteiger partial charge in [-0.1, -0.05) is 12.2 Å². The SMILES string of the molecule is O=C(C1CC=CC1)N1CCC[C@@H]1CO. The molecule has 3 nitrogen and oxygen atoms in total. The highest BCUT2D eigenvalue weighted by molar-refractivity contribution is 5.80. The number of carbonyl (C=O) groups is 1. The average Bonchev–Trinajstić information content (AvgIpc) is 2.87. The van der Waals surface area contributed by atoms with Gasteiger partial charge in [-0.05, 0) is 25.7 Å². The van der Waals surface area contributed by atoms with Gasteiger partial charge in [-0.2, -0.15) is 0 Å². The van der Waals surface area contributed by atoms with Crippen molar-refractivity contribution in [3.8, 4) is 0 Å². The molecule has 0 unspecified atom stereocenters. The summed E-state index contributed by atoms with van der Waals surface area (Å²) in [6.45, 7) is 0.951. The zero-order chi connectivity index (χ0) is 9.97. The minimum atomic E-state index is 0.0862. The average molecular weight is 195 g/mol. The summed E-state index contributed by atoms with van der Waals surface area (Å²) in [7, 11) is 0. The van der Waals surface area contributed by atoms with Crippen LogP contribution in [0.15, 0.2) is 12.2 Å². The molecule has 0 aromatic carbocycles. The lowest BCUT2D eigenvalue weighted by Gasteiger charge is -2.25. The van der Waals surface area contributed by atoms with E-state index in [9.17, 15) is 4.79 Å². The van der Waals surface area contributed by atoms with Crippen LogP contribution in [0.2, 0.25) is 0 Å². The third kappa shape index (κ3) is 1.69. The van der Waals surface area contributed by atoms with Crippen molar-refractivity contribution < 1.29 is 9.90 Å². The van der Waals surface area contributed by atoms with Crippen LogP contribution >= 0.6 is 0 Å². The number of aliphatic hydroxyl groups excluding tert-OH is 1. The van der Waals surface area contributed by atoms with Crippen molar-refractivity contribution in [2.45, 2.75) is 31.7 Å². The third-order valence-electron chi connectivity index (χ3n) is 3.23. The van der Waals surface area contributed by atoms with E-state index in [0.717, 1.165) is 32.2 Å². The molecule has 1 aliphatic carbocycles. The second-order valence-corrected chi connectivity index (χ2v) is 4.15. The number of amides is 1. The minimum Gasteiger partial charge on any atom is -0.394 e. The zero-order valence-corrected chi connectivity index (χ0v) is 8.35. The summed E-state index contributed by atoms with van der Waals surface area (Å²) < 4.78 is 0. The highest BCUT2D eigenvalue weighted by atomic mass is 16.3. The first-order chi connectivity index (χ1) is 6.83. The Hall–Kier alpha value is -0.830. The number of carbonyl (C=O) groups excluding carboxylic acids is 1. The lowest BCUT2D eigenvalue weighted by molar-refractivity contribution is -0.136. The molecule has 1 saturated heterocycles. The van der Waals surface area contributed by atoms with E-state index >= 15 is 0 Å². The van der Waals surface area contributed by atoms with E-state index in [2.05, 4.69) is 12.2 Å². The second kappa shape index (κ2) is 4.13. The molecule has 2 aliphatic rings. The quantitative estimate of drug-likeness (QED) is 0.666. The van der Waals surface area contributed by atoms with Crippen LogP contribution in [-0.4, -0.2) is 35.1 Å². The van der Waals surface area contributed by atoms with E-state index in [-0.39, 0.29) is 24.5 Å². The lowest BCUT2D eigenvalue weighted by Crippen LogP contribution is -2.40. The highest BCUT2D eigenvalue weighted by Crippen LogP contribution is 2.25. The monoisotopic (exact) mass is 195 g/mol. The fraction of sp³-hybridized carbons (Fsp3) is 0.727. The number of rotatable bonds is 2. The maximum Gasteiger partial charge on any atom is 0.226 e. The van der Waals surface area contributed by atoms with Crippen molar-refractivity contribution in [3.05, 3.63) is 12.2 Å². The molecular weight excluding hydrogens is 178 g/mol. The summed E-state index contributed by atoms with van der Waals surface area (Å²) in [5.41, 5.74) is 0. The molecule has 1 N–H and O–H groups in total. The summed E-state index contributed by atoms with van der Waals surface area (Å²) >= 11 is 0. The molecule has 0 bridgehead atoms. The first-order valence-corrected chi connectivity index (χ1v) is 5.39. The van der Waals surface area contributed by atoms with Crippen LogP contribution in [0.1, 0.15) is 25.7 Å².